The first-order valence-corrected chi connectivity index (χ1v) is 7.11. The van der Waals surface area contributed by atoms with Crippen LogP contribution in [0.1, 0.15) is 39.2 Å². The Bertz CT molecular complexity index is 359. The van der Waals surface area contributed by atoms with Crippen molar-refractivity contribution in [1.82, 2.24) is 9.97 Å². The predicted octanol–water partition coefficient (Wildman–Crippen LogP) is 2.67. The molecule has 0 aromatic carbocycles. The molecule has 0 saturated heterocycles. The van der Waals surface area contributed by atoms with Gasteiger partial charge in [-0.3, -0.25) is 0 Å². The van der Waals surface area contributed by atoms with Gasteiger partial charge in [0.1, 0.15) is 18.8 Å². The van der Waals surface area contributed by atoms with Crippen molar-refractivity contribution in [2.75, 3.05) is 31.7 Å². The van der Waals surface area contributed by atoms with Crippen LogP contribution in [-0.4, -0.2) is 36.3 Å². The first-order chi connectivity index (χ1) is 9.33. The highest BCUT2D eigenvalue weighted by Gasteiger charge is 2.11. The van der Waals surface area contributed by atoms with Crippen LogP contribution in [0.3, 0.4) is 0 Å². The highest BCUT2D eigenvalue weighted by Crippen LogP contribution is 2.23. The molecule has 108 valence electrons. The topological polar surface area (TPSA) is 56.3 Å². The van der Waals surface area contributed by atoms with Crippen LogP contribution in [0.2, 0.25) is 0 Å². The summed E-state index contributed by atoms with van der Waals surface area (Å²) in [6, 6.07) is 0. The molecule has 0 spiro atoms. The Labute approximate surface area is 115 Å². The number of rotatable bonds is 10. The predicted molar refractivity (Wildman–Crippen MR) is 76.8 cm³/mol. The second-order valence-electron chi connectivity index (χ2n) is 4.25. The zero-order chi connectivity index (χ0) is 13.9. The second kappa shape index (κ2) is 9.55. The fraction of sp³-hybridized carbons (Fsp3) is 0.714. The zero-order valence-electron chi connectivity index (χ0n) is 12.2. The van der Waals surface area contributed by atoms with Gasteiger partial charge < -0.3 is 14.8 Å². The van der Waals surface area contributed by atoms with Gasteiger partial charge in [0.15, 0.2) is 0 Å². The molecular formula is C14H25N3O2. The van der Waals surface area contributed by atoms with E-state index in [9.17, 15) is 0 Å². The summed E-state index contributed by atoms with van der Waals surface area (Å²) in [6.45, 7) is 9.02. The van der Waals surface area contributed by atoms with Crippen LogP contribution in [0.25, 0.3) is 0 Å². The number of ether oxygens (including phenoxy) is 2. The van der Waals surface area contributed by atoms with Crippen LogP contribution < -0.4 is 10.1 Å². The average Bonchev–Trinajstić information content (AvgIpc) is 2.42. The van der Waals surface area contributed by atoms with Crippen molar-refractivity contribution < 1.29 is 9.47 Å². The fourth-order valence-electron chi connectivity index (χ4n) is 1.76. The van der Waals surface area contributed by atoms with Crippen LogP contribution >= 0.6 is 0 Å². The maximum absolute atomic E-state index is 5.71. The minimum Gasteiger partial charge on any atom is -0.475 e. The molecule has 0 atom stereocenters. The lowest BCUT2D eigenvalue weighted by Gasteiger charge is -2.13. The van der Waals surface area contributed by atoms with Crippen molar-refractivity contribution in [3.63, 3.8) is 0 Å². The third kappa shape index (κ3) is 5.42. The standard InChI is InChI=1S/C14H25N3O2/c1-4-7-12-13(15-6-3)16-11-17-14(12)19-10-9-18-8-5-2/h11H,4-10H2,1-3H3,(H,15,16,17). The van der Waals surface area contributed by atoms with Gasteiger partial charge in [-0.1, -0.05) is 20.3 Å². The molecule has 1 aromatic heterocycles. The lowest BCUT2D eigenvalue weighted by Crippen LogP contribution is -2.12. The van der Waals surface area contributed by atoms with Gasteiger partial charge in [-0.15, -0.1) is 0 Å². The Morgan fingerprint density at radius 2 is 1.89 bits per heavy atom. The number of nitrogens with one attached hydrogen (secondary N) is 1. The Balaban J connectivity index is 2.61. The molecule has 19 heavy (non-hydrogen) atoms. The number of hydrogen-bond donors (Lipinski definition) is 1. The summed E-state index contributed by atoms with van der Waals surface area (Å²) in [4.78, 5) is 8.50. The quantitative estimate of drug-likeness (QED) is 0.660. The Morgan fingerprint density at radius 1 is 1.05 bits per heavy atom. The molecule has 0 aliphatic carbocycles. The van der Waals surface area contributed by atoms with Gasteiger partial charge in [0, 0.05) is 13.2 Å². The third-order valence-electron chi connectivity index (χ3n) is 2.56. The van der Waals surface area contributed by atoms with Crippen molar-refractivity contribution in [2.24, 2.45) is 0 Å². The van der Waals surface area contributed by atoms with Gasteiger partial charge in [0.05, 0.1) is 12.2 Å². The van der Waals surface area contributed by atoms with Gasteiger partial charge in [-0.05, 0) is 19.8 Å². The normalized spacial score (nSPS) is 10.5. The van der Waals surface area contributed by atoms with Crippen LogP contribution in [-0.2, 0) is 11.2 Å². The molecule has 0 bridgehead atoms. The molecule has 1 heterocycles. The number of hydrogen-bond acceptors (Lipinski definition) is 5. The van der Waals surface area contributed by atoms with Crippen LogP contribution in [0.5, 0.6) is 5.88 Å². The molecule has 0 aliphatic rings. The largest absolute Gasteiger partial charge is 0.475 e. The molecule has 1 rings (SSSR count). The van der Waals surface area contributed by atoms with E-state index in [1.807, 2.05) is 0 Å². The van der Waals surface area contributed by atoms with Crippen LogP contribution in [0, 0.1) is 0 Å². The maximum atomic E-state index is 5.71. The SMILES string of the molecule is CCCOCCOc1ncnc(NCC)c1CCC. The molecule has 0 amide bonds. The van der Waals surface area contributed by atoms with Crippen molar-refractivity contribution >= 4 is 5.82 Å². The second-order valence-corrected chi connectivity index (χ2v) is 4.25. The van der Waals surface area contributed by atoms with E-state index in [1.54, 1.807) is 6.33 Å². The summed E-state index contributed by atoms with van der Waals surface area (Å²) in [7, 11) is 0. The molecule has 1 aromatic rings. The molecule has 5 nitrogen and oxygen atoms in total. The number of nitrogens with zero attached hydrogens (tertiary/aromatic N) is 2. The van der Waals surface area contributed by atoms with E-state index in [1.165, 1.54) is 0 Å². The Kier molecular flexibility index (Phi) is 7.89. The molecule has 0 unspecified atom stereocenters. The van der Waals surface area contributed by atoms with E-state index in [0.29, 0.717) is 19.1 Å². The molecule has 1 N–H and O–H groups in total. The fourth-order valence-corrected chi connectivity index (χ4v) is 1.76. The van der Waals surface area contributed by atoms with Gasteiger partial charge >= 0.3 is 0 Å². The molecular weight excluding hydrogens is 242 g/mol. The average molecular weight is 267 g/mol. The summed E-state index contributed by atoms with van der Waals surface area (Å²) in [6.07, 6.45) is 4.52. The third-order valence-corrected chi connectivity index (χ3v) is 2.56. The van der Waals surface area contributed by atoms with Gasteiger partial charge in [-0.2, -0.15) is 0 Å². The maximum Gasteiger partial charge on any atom is 0.221 e. The van der Waals surface area contributed by atoms with Gasteiger partial charge in [0.25, 0.3) is 0 Å². The highest BCUT2D eigenvalue weighted by molar-refractivity contribution is 5.48. The summed E-state index contributed by atoms with van der Waals surface area (Å²) in [5.41, 5.74) is 1.06. The molecule has 0 radical (unpaired) electrons. The van der Waals surface area contributed by atoms with Crippen molar-refractivity contribution in [1.29, 1.82) is 0 Å². The lowest BCUT2D eigenvalue weighted by atomic mass is 10.1. The van der Waals surface area contributed by atoms with Crippen molar-refractivity contribution in [3.8, 4) is 5.88 Å². The number of anilines is 1. The minimum absolute atomic E-state index is 0.527. The monoisotopic (exact) mass is 267 g/mol. The highest BCUT2D eigenvalue weighted by atomic mass is 16.5. The molecule has 5 heteroatoms. The van der Waals surface area contributed by atoms with Crippen LogP contribution in [0.15, 0.2) is 6.33 Å². The molecule has 0 saturated carbocycles. The van der Waals surface area contributed by atoms with E-state index in [0.717, 1.165) is 43.8 Å². The molecule has 0 aliphatic heterocycles. The van der Waals surface area contributed by atoms with Gasteiger partial charge in [0.2, 0.25) is 5.88 Å². The summed E-state index contributed by atoms with van der Waals surface area (Å²) < 4.78 is 11.1. The summed E-state index contributed by atoms with van der Waals surface area (Å²) in [5, 5.41) is 3.25. The summed E-state index contributed by atoms with van der Waals surface area (Å²) >= 11 is 0. The summed E-state index contributed by atoms with van der Waals surface area (Å²) in [5.74, 6) is 1.55. The minimum atomic E-state index is 0.527. The van der Waals surface area contributed by atoms with Crippen molar-refractivity contribution in [3.05, 3.63) is 11.9 Å². The lowest BCUT2D eigenvalue weighted by molar-refractivity contribution is 0.0986. The van der Waals surface area contributed by atoms with E-state index in [4.69, 9.17) is 9.47 Å². The van der Waals surface area contributed by atoms with E-state index >= 15 is 0 Å². The van der Waals surface area contributed by atoms with E-state index < -0.39 is 0 Å². The smallest absolute Gasteiger partial charge is 0.221 e. The van der Waals surface area contributed by atoms with E-state index in [2.05, 4.69) is 36.1 Å². The first-order valence-electron chi connectivity index (χ1n) is 7.11. The molecule has 0 fully saturated rings. The first kappa shape index (κ1) is 15.7. The zero-order valence-corrected chi connectivity index (χ0v) is 12.2. The van der Waals surface area contributed by atoms with E-state index in [-0.39, 0.29) is 0 Å². The van der Waals surface area contributed by atoms with Crippen molar-refractivity contribution in [2.45, 2.75) is 40.0 Å². The Hall–Kier alpha value is -1.36. The Morgan fingerprint density at radius 3 is 2.58 bits per heavy atom. The van der Waals surface area contributed by atoms with Gasteiger partial charge in [-0.25, -0.2) is 9.97 Å². The van der Waals surface area contributed by atoms with Crippen LogP contribution in [0.4, 0.5) is 5.82 Å². The number of aromatic nitrogens is 2.